The molecule has 0 saturated heterocycles. The van der Waals surface area contributed by atoms with Crippen molar-refractivity contribution in [1.82, 2.24) is 10.9 Å². The number of hydrogen-bond donors (Lipinski definition) is 3. The number of amides is 3. The number of benzene rings is 1. The lowest BCUT2D eigenvalue weighted by atomic mass is 10.1. The van der Waals surface area contributed by atoms with Crippen molar-refractivity contribution in [3.8, 4) is 0 Å². The highest BCUT2D eigenvalue weighted by Gasteiger charge is 2.12. The summed E-state index contributed by atoms with van der Waals surface area (Å²) in [5.41, 5.74) is 7.16. The molecule has 3 amide bonds. The van der Waals surface area contributed by atoms with Gasteiger partial charge in [-0.15, -0.1) is 0 Å². The predicted molar refractivity (Wildman–Crippen MR) is 95.8 cm³/mol. The fourth-order valence-electron chi connectivity index (χ4n) is 2.00. The molecule has 7 nitrogen and oxygen atoms in total. The number of furan rings is 1. The van der Waals surface area contributed by atoms with Gasteiger partial charge in [-0.3, -0.25) is 25.2 Å². The summed E-state index contributed by atoms with van der Waals surface area (Å²) in [6.07, 6.45) is -0.0553. The Labute approximate surface area is 153 Å². The van der Waals surface area contributed by atoms with Gasteiger partial charge in [0.25, 0.3) is 0 Å². The SMILES string of the molecule is Cc1ccc(C)c(NC(=O)CCC(=O)NNC(=O)c2ccc(Br)o2)c1. The molecular weight excluding hydrogens is 390 g/mol. The number of hydrogen-bond acceptors (Lipinski definition) is 4. The smallest absolute Gasteiger partial charge is 0.305 e. The first kappa shape index (κ1) is 18.7. The van der Waals surface area contributed by atoms with Crippen LogP contribution >= 0.6 is 15.9 Å². The van der Waals surface area contributed by atoms with Gasteiger partial charge in [-0.05, 0) is 59.1 Å². The van der Waals surface area contributed by atoms with Crippen LogP contribution in [0.3, 0.4) is 0 Å². The van der Waals surface area contributed by atoms with Crippen molar-refractivity contribution in [2.45, 2.75) is 26.7 Å². The van der Waals surface area contributed by atoms with Gasteiger partial charge in [0.15, 0.2) is 10.4 Å². The van der Waals surface area contributed by atoms with E-state index in [1.165, 1.54) is 6.07 Å². The fraction of sp³-hybridized carbons (Fsp3) is 0.235. The number of carbonyl (C=O) groups is 3. The fourth-order valence-corrected chi connectivity index (χ4v) is 2.30. The number of rotatable bonds is 5. The van der Waals surface area contributed by atoms with Gasteiger partial charge in [0.2, 0.25) is 11.8 Å². The van der Waals surface area contributed by atoms with E-state index < -0.39 is 11.8 Å². The number of halogens is 1. The lowest BCUT2D eigenvalue weighted by Gasteiger charge is -2.09. The molecule has 0 aliphatic heterocycles. The molecule has 0 spiro atoms. The van der Waals surface area contributed by atoms with Crippen LogP contribution in [0.4, 0.5) is 5.69 Å². The van der Waals surface area contributed by atoms with E-state index in [2.05, 4.69) is 32.1 Å². The zero-order valence-electron chi connectivity index (χ0n) is 13.8. The molecule has 3 N–H and O–H groups in total. The number of aryl methyl sites for hydroxylation is 2. The Bertz CT molecular complexity index is 801. The molecule has 0 atom stereocenters. The van der Waals surface area contributed by atoms with Gasteiger partial charge in [0.1, 0.15) is 0 Å². The van der Waals surface area contributed by atoms with Crippen molar-refractivity contribution in [3.63, 3.8) is 0 Å². The molecule has 0 aliphatic rings. The summed E-state index contributed by atoms with van der Waals surface area (Å²) in [4.78, 5) is 35.4. The molecule has 0 saturated carbocycles. The summed E-state index contributed by atoms with van der Waals surface area (Å²) in [6, 6.07) is 8.77. The van der Waals surface area contributed by atoms with E-state index in [0.717, 1.165) is 16.8 Å². The second-order valence-corrected chi connectivity index (χ2v) is 6.25. The lowest BCUT2D eigenvalue weighted by Crippen LogP contribution is -2.41. The Balaban J connectivity index is 1.75. The van der Waals surface area contributed by atoms with Gasteiger partial charge in [0, 0.05) is 18.5 Å². The molecule has 1 heterocycles. The van der Waals surface area contributed by atoms with E-state index in [0.29, 0.717) is 4.67 Å². The molecule has 0 fully saturated rings. The normalized spacial score (nSPS) is 10.2. The van der Waals surface area contributed by atoms with Gasteiger partial charge in [0.05, 0.1) is 0 Å². The van der Waals surface area contributed by atoms with Crippen LogP contribution in [0.25, 0.3) is 0 Å². The Morgan fingerprint density at radius 1 is 1.00 bits per heavy atom. The second-order valence-electron chi connectivity index (χ2n) is 5.47. The first-order chi connectivity index (χ1) is 11.8. The molecule has 2 aromatic rings. The third-order valence-corrected chi connectivity index (χ3v) is 3.78. The molecule has 132 valence electrons. The standard InChI is InChI=1S/C17H18BrN3O4/c1-10-3-4-11(2)12(9-10)19-15(22)7-8-16(23)20-21-17(24)13-5-6-14(18)25-13/h3-6,9H,7-8H2,1-2H3,(H,19,22)(H,20,23)(H,21,24). The van der Waals surface area contributed by atoms with Crippen LogP contribution in [0.15, 0.2) is 39.4 Å². The van der Waals surface area contributed by atoms with E-state index in [1.54, 1.807) is 6.07 Å². The van der Waals surface area contributed by atoms with E-state index in [1.807, 2.05) is 32.0 Å². The summed E-state index contributed by atoms with van der Waals surface area (Å²) in [5.74, 6) is -1.28. The van der Waals surface area contributed by atoms with Crippen LogP contribution in [0.5, 0.6) is 0 Å². The quantitative estimate of drug-likeness (QED) is 0.663. The highest BCUT2D eigenvalue weighted by molar-refractivity contribution is 9.10. The molecule has 0 aliphatic carbocycles. The van der Waals surface area contributed by atoms with Gasteiger partial charge in [-0.2, -0.15) is 0 Å². The zero-order chi connectivity index (χ0) is 18.4. The highest BCUT2D eigenvalue weighted by Crippen LogP contribution is 2.16. The van der Waals surface area contributed by atoms with Gasteiger partial charge < -0.3 is 9.73 Å². The number of nitrogens with one attached hydrogen (secondary N) is 3. The Morgan fingerprint density at radius 3 is 2.40 bits per heavy atom. The number of carbonyl (C=O) groups excluding carboxylic acids is 3. The monoisotopic (exact) mass is 407 g/mol. The average molecular weight is 408 g/mol. The largest absolute Gasteiger partial charge is 0.444 e. The van der Waals surface area contributed by atoms with Crippen LogP contribution in [0.1, 0.15) is 34.5 Å². The molecule has 1 aromatic carbocycles. The minimum atomic E-state index is -0.584. The highest BCUT2D eigenvalue weighted by atomic mass is 79.9. The third kappa shape index (κ3) is 5.75. The Morgan fingerprint density at radius 2 is 1.72 bits per heavy atom. The summed E-state index contributed by atoms with van der Waals surface area (Å²) in [7, 11) is 0. The molecule has 0 radical (unpaired) electrons. The van der Waals surface area contributed by atoms with Crippen molar-refractivity contribution in [2.75, 3.05) is 5.32 Å². The van der Waals surface area contributed by atoms with E-state index >= 15 is 0 Å². The molecule has 0 unspecified atom stereocenters. The maximum absolute atomic E-state index is 11.9. The van der Waals surface area contributed by atoms with Gasteiger partial charge in [-0.1, -0.05) is 12.1 Å². The van der Waals surface area contributed by atoms with Gasteiger partial charge in [-0.25, -0.2) is 0 Å². The van der Waals surface area contributed by atoms with E-state index in [-0.39, 0.29) is 24.5 Å². The third-order valence-electron chi connectivity index (χ3n) is 3.36. The molecule has 25 heavy (non-hydrogen) atoms. The van der Waals surface area contributed by atoms with E-state index in [9.17, 15) is 14.4 Å². The van der Waals surface area contributed by atoms with Crippen LogP contribution < -0.4 is 16.2 Å². The summed E-state index contributed by atoms with van der Waals surface area (Å²) < 4.78 is 5.46. The van der Waals surface area contributed by atoms with Crippen molar-refractivity contribution in [3.05, 3.63) is 51.9 Å². The van der Waals surface area contributed by atoms with Crippen LogP contribution in [-0.2, 0) is 9.59 Å². The number of anilines is 1. The minimum absolute atomic E-state index is 0.00137. The van der Waals surface area contributed by atoms with Crippen LogP contribution in [-0.4, -0.2) is 17.7 Å². The van der Waals surface area contributed by atoms with Crippen LogP contribution in [0, 0.1) is 13.8 Å². The first-order valence-electron chi connectivity index (χ1n) is 7.57. The van der Waals surface area contributed by atoms with Crippen molar-refractivity contribution >= 4 is 39.3 Å². The first-order valence-corrected chi connectivity index (χ1v) is 8.36. The lowest BCUT2D eigenvalue weighted by molar-refractivity contribution is -0.124. The maximum atomic E-state index is 11.9. The topological polar surface area (TPSA) is 100 Å². The molecule has 0 bridgehead atoms. The van der Waals surface area contributed by atoms with Crippen LogP contribution in [0.2, 0.25) is 0 Å². The van der Waals surface area contributed by atoms with Crippen molar-refractivity contribution in [1.29, 1.82) is 0 Å². The number of hydrazine groups is 1. The second kappa shape index (κ2) is 8.48. The summed E-state index contributed by atoms with van der Waals surface area (Å²) >= 11 is 3.08. The maximum Gasteiger partial charge on any atom is 0.305 e. The van der Waals surface area contributed by atoms with E-state index in [4.69, 9.17) is 4.42 Å². The molecule has 2 rings (SSSR count). The molecule has 1 aromatic heterocycles. The zero-order valence-corrected chi connectivity index (χ0v) is 15.4. The predicted octanol–water partition coefficient (Wildman–Crippen LogP) is 2.84. The average Bonchev–Trinajstić information content (AvgIpc) is 3.00. The summed E-state index contributed by atoms with van der Waals surface area (Å²) in [5, 5.41) is 2.77. The van der Waals surface area contributed by atoms with Gasteiger partial charge >= 0.3 is 5.91 Å². The van der Waals surface area contributed by atoms with Crippen molar-refractivity contribution < 1.29 is 18.8 Å². The molecule has 8 heteroatoms. The van der Waals surface area contributed by atoms with Crippen molar-refractivity contribution in [2.24, 2.45) is 0 Å². The Hall–Kier alpha value is -2.61. The minimum Gasteiger partial charge on any atom is -0.444 e. The Kier molecular flexibility index (Phi) is 6.35. The molecular formula is C17H18BrN3O4. The summed E-state index contributed by atoms with van der Waals surface area (Å²) in [6.45, 7) is 3.83.